The number of nitrogens with two attached hydrogens (primary N) is 1. The number of primary amides is 1. The van der Waals surface area contributed by atoms with Crippen molar-refractivity contribution in [1.29, 1.82) is 0 Å². The number of anilines is 1. The molecule has 0 aliphatic rings. The summed E-state index contributed by atoms with van der Waals surface area (Å²) in [6.07, 6.45) is 0.106. The number of carbonyl (C=O) groups is 2. The number of benzene rings is 1. The third-order valence-corrected chi connectivity index (χ3v) is 2.98. The highest BCUT2D eigenvalue weighted by Gasteiger charge is 2.16. The van der Waals surface area contributed by atoms with Crippen LogP contribution in [0.15, 0.2) is 22.7 Å². The lowest BCUT2D eigenvalue weighted by molar-refractivity contribution is -0.140. The van der Waals surface area contributed by atoms with E-state index in [-0.39, 0.29) is 18.9 Å². The molecular weight excluding hydrogens is 300 g/mol. The van der Waals surface area contributed by atoms with Crippen LogP contribution in [0.2, 0.25) is 0 Å². The lowest BCUT2D eigenvalue weighted by Gasteiger charge is -2.22. The van der Waals surface area contributed by atoms with Crippen LogP contribution in [-0.4, -0.2) is 25.7 Å². The highest BCUT2D eigenvalue weighted by atomic mass is 79.9. The van der Waals surface area contributed by atoms with Crippen LogP contribution >= 0.6 is 15.9 Å². The molecule has 0 atom stereocenters. The maximum atomic E-state index is 11.4. The van der Waals surface area contributed by atoms with E-state index in [1.165, 1.54) is 12.0 Å². The van der Waals surface area contributed by atoms with E-state index < -0.39 is 6.03 Å². The lowest BCUT2D eigenvalue weighted by atomic mass is 10.2. The van der Waals surface area contributed by atoms with Crippen molar-refractivity contribution in [1.82, 2.24) is 0 Å². The second-order valence-corrected chi connectivity index (χ2v) is 4.66. The number of carbonyl (C=O) groups excluding carboxylic acids is 2. The van der Waals surface area contributed by atoms with E-state index >= 15 is 0 Å². The Morgan fingerprint density at radius 2 is 2.11 bits per heavy atom. The van der Waals surface area contributed by atoms with Gasteiger partial charge < -0.3 is 10.5 Å². The van der Waals surface area contributed by atoms with Crippen LogP contribution in [0.1, 0.15) is 12.0 Å². The minimum absolute atomic E-state index is 0.106. The molecule has 0 saturated heterocycles. The lowest BCUT2D eigenvalue weighted by Crippen LogP contribution is -2.37. The standard InChI is InChI=1S/C12H15BrN2O3/c1-8-7-9(13)3-4-10(8)15(12(14)17)6-5-11(16)18-2/h3-4,7H,5-6H2,1-2H3,(H2,14,17). The summed E-state index contributed by atoms with van der Waals surface area (Å²) in [5.41, 5.74) is 6.91. The molecule has 0 fully saturated rings. The van der Waals surface area contributed by atoms with Crippen LogP contribution in [0.3, 0.4) is 0 Å². The second kappa shape index (κ2) is 6.39. The summed E-state index contributed by atoms with van der Waals surface area (Å²) < 4.78 is 5.46. The van der Waals surface area contributed by atoms with Crippen molar-refractivity contribution in [3.8, 4) is 0 Å². The second-order valence-electron chi connectivity index (χ2n) is 3.75. The Labute approximate surface area is 114 Å². The van der Waals surface area contributed by atoms with Gasteiger partial charge in [-0.3, -0.25) is 9.69 Å². The number of urea groups is 1. The van der Waals surface area contributed by atoms with E-state index in [0.29, 0.717) is 5.69 Å². The molecule has 0 spiro atoms. The molecule has 2 N–H and O–H groups in total. The molecule has 1 aromatic rings. The van der Waals surface area contributed by atoms with Crippen molar-refractivity contribution in [3.05, 3.63) is 28.2 Å². The van der Waals surface area contributed by atoms with Crippen LogP contribution in [0.25, 0.3) is 0 Å². The minimum atomic E-state index is -0.593. The average Bonchev–Trinajstić information content (AvgIpc) is 2.31. The van der Waals surface area contributed by atoms with E-state index in [1.807, 2.05) is 19.1 Å². The van der Waals surface area contributed by atoms with E-state index in [4.69, 9.17) is 5.73 Å². The van der Waals surface area contributed by atoms with Gasteiger partial charge in [0, 0.05) is 16.7 Å². The molecule has 0 aromatic heterocycles. The monoisotopic (exact) mass is 314 g/mol. The molecule has 0 unspecified atom stereocenters. The van der Waals surface area contributed by atoms with Gasteiger partial charge in [-0.2, -0.15) is 0 Å². The number of hydrogen-bond acceptors (Lipinski definition) is 3. The molecule has 0 aliphatic carbocycles. The van der Waals surface area contributed by atoms with Crippen molar-refractivity contribution < 1.29 is 14.3 Å². The van der Waals surface area contributed by atoms with Crippen molar-refractivity contribution >= 4 is 33.6 Å². The third-order valence-electron chi connectivity index (χ3n) is 2.48. The summed E-state index contributed by atoms with van der Waals surface area (Å²) in [4.78, 5) is 23.9. The summed E-state index contributed by atoms with van der Waals surface area (Å²) in [6, 6.07) is 4.88. The highest BCUT2D eigenvalue weighted by Crippen LogP contribution is 2.24. The van der Waals surface area contributed by atoms with Crippen LogP contribution in [0.5, 0.6) is 0 Å². The molecule has 0 bridgehead atoms. The van der Waals surface area contributed by atoms with Gasteiger partial charge in [-0.15, -0.1) is 0 Å². The number of halogens is 1. The maximum absolute atomic E-state index is 11.4. The number of esters is 1. The fraction of sp³-hybridized carbons (Fsp3) is 0.333. The van der Waals surface area contributed by atoms with Crippen LogP contribution < -0.4 is 10.6 Å². The van der Waals surface area contributed by atoms with E-state index in [9.17, 15) is 9.59 Å². The van der Waals surface area contributed by atoms with Gasteiger partial charge in [0.2, 0.25) is 0 Å². The zero-order valence-corrected chi connectivity index (χ0v) is 11.9. The normalized spacial score (nSPS) is 9.94. The third kappa shape index (κ3) is 3.73. The topological polar surface area (TPSA) is 72.6 Å². The number of aryl methyl sites for hydroxylation is 1. The Balaban J connectivity index is 2.91. The molecule has 5 nitrogen and oxygen atoms in total. The van der Waals surface area contributed by atoms with Gasteiger partial charge in [-0.05, 0) is 30.7 Å². The van der Waals surface area contributed by atoms with Crippen molar-refractivity contribution in [2.24, 2.45) is 5.73 Å². The highest BCUT2D eigenvalue weighted by molar-refractivity contribution is 9.10. The molecular formula is C12H15BrN2O3. The summed E-state index contributed by atoms with van der Waals surface area (Å²) in [5.74, 6) is -0.379. The number of hydrogen-bond donors (Lipinski definition) is 1. The first kappa shape index (κ1) is 14.5. The summed E-state index contributed by atoms with van der Waals surface area (Å²) in [7, 11) is 1.31. The number of rotatable bonds is 4. The SMILES string of the molecule is COC(=O)CCN(C(N)=O)c1ccc(Br)cc1C. The summed E-state index contributed by atoms with van der Waals surface area (Å²) in [5, 5.41) is 0. The smallest absolute Gasteiger partial charge is 0.319 e. The van der Waals surface area contributed by atoms with Gasteiger partial charge in [-0.1, -0.05) is 15.9 Å². The van der Waals surface area contributed by atoms with Gasteiger partial charge in [0.1, 0.15) is 0 Å². The first-order chi connectivity index (χ1) is 8.45. The molecule has 2 amide bonds. The molecule has 0 saturated carbocycles. The number of ether oxygens (including phenoxy) is 1. The average molecular weight is 315 g/mol. The van der Waals surface area contributed by atoms with E-state index in [1.54, 1.807) is 6.07 Å². The Kier molecular flexibility index (Phi) is 5.15. The Morgan fingerprint density at radius 3 is 2.61 bits per heavy atom. The fourth-order valence-electron chi connectivity index (χ4n) is 1.58. The quantitative estimate of drug-likeness (QED) is 0.866. The number of nitrogens with zero attached hydrogens (tertiary/aromatic N) is 1. The molecule has 0 aliphatic heterocycles. The Morgan fingerprint density at radius 1 is 1.44 bits per heavy atom. The Hall–Kier alpha value is -1.56. The van der Waals surface area contributed by atoms with Crippen molar-refractivity contribution in [2.75, 3.05) is 18.6 Å². The van der Waals surface area contributed by atoms with Crippen LogP contribution in [0.4, 0.5) is 10.5 Å². The first-order valence-corrected chi connectivity index (χ1v) is 6.15. The first-order valence-electron chi connectivity index (χ1n) is 5.35. The van der Waals surface area contributed by atoms with Crippen LogP contribution in [-0.2, 0) is 9.53 Å². The minimum Gasteiger partial charge on any atom is -0.469 e. The predicted molar refractivity (Wildman–Crippen MR) is 72.4 cm³/mol. The Bertz CT molecular complexity index is 463. The molecule has 0 radical (unpaired) electrons. The van der Waals surface area contributed by atoms with Gasteiger partial charge in [0.25, 0.3) is 0 Å². The predicted octanol–water partition coefficient (Wildman–Crippen LogP) is 2.21. The zero-order chi connectivity index (χ0) is 13.7. The van der Waals surface area contributed by atoms with Gasteiger partial charge >= 0.3 is 12.0 Å². The largest absolute Gasteiger partial charge is 0.469 e. The van der Waals surface area contributed by atoms with Gasteiger partial charge in [0.15, 0.2) is 0 Å². The summed E-state index contributed by atoms with van der Waals surface area (Å²) >= 11 is 3.35. The molecule has 98 valence electrons. The van der Waals surface area contributed by atoms with Crippen molar-refractivity contribution in [3.63, 3.8) is 0 Å². The fourth-order valence-corrected chi connectivity index (χ4v) is 2.05. The molecule has 6 heteroatoms. The molecule has 1 rings (SSSR count). The molecule has 0 heterocycles. The number of methoxy groups -OCH3 is 1. The van der Waals surface area contributed by atoms with E-state index in [2.05, 4.69) is 20.7 Å². The molecule has 18 heavy (non-hydrogen) atoms. The molecule has 1 aromatic carbocycles. The maximum Gasteiger partial charge on any atom is 0.319 e. The number of amides is 2. The van der Waals surface area contributed by atoms with Crippen LogP contribution in [0, 0.1) is 6.92 Å². The zero-order valence-electron chi connectivity index (χ0n) is 10.3. The van der Waals surface area contributed by atoms with E-state index in [0.717, 1.165) is 10.0 Å². The van der Waals surface area contributed by atoms with Crippen molar-refractivity contribution in [2.45, 2.75) is 13.3 Å². The summed E-state index contributed by atoms with van der Waals surface area (Å²) in [6.45, 7) is 2.07. The van der Waals surface area contributed by atoms with Gasteiger partial charge in [-0.25, -0.2) is 4.79 Å². The van der Waals surface area contributed by atoms with Gasteiger partial charge in [0.05, 0.1) is 13.5 Å².